The Morgan fingerprint density at radius 1 is 0.456 bits per heavy atom. The molecular formula is C51H34N4O2. The van der Waals surface area contributed by atoms with E-state index in [1.807, 2.05) is 24.3 Å². The van der Waals surface area contributed by atoms with Crippen LogP contribution in [0, 0.1) is 0 Å². The van der Waals surface area contributed by atoms with Gasteiger partial charge in [-0.15, -0.1) is 0 Å². The van der Waals surface area contributed by atoms with Crippen LogP contribution in [0.1, 0.15) is 29.0 Å². The summed E-state index contributed by atoms with van der Waals surface area (Å²) in [6, 6.07) is 63.8. The maximum Gasteiger partial charge on any atom is 0.136 e. The number of furan rings is 2. The number of nitrogens with zero attached hydrogens (tertiary/aromatic N) is 2. The van der Waals surface area contributed by atoms with Gasteiger partial charge in [0, 0.05) is 43.6 Å². The summed E-state index contributed by atoms with van der Waals surface area (Å²) >= 11 is 0. The van der Waals surface area contributed by atoms with Crippen molar-refractivity contribution in [3.8, 4) is 16.8 Å². The fourth-order valence-electron chi connectivity index (χ4n) is 8.91. The van der Waals surface area contributed by atoms with Crippen LogP contribution in [0.4, 0.5) is 0 Å². The van der Waals surface area contributed by atoms with Crippen LogP contribution in [-0.2, 0) is 0 Å². The van der Waals surface area contributed by atoms with Gasteiger partial charge in [-0.1, -0.05) is 133 Å². The lowest BCUT2D eigenvalue weighted by Crippen LogP contribution is -2.44. The standard InChI is InChI=1S/C51H34N4O2/c1-3-13-31(14-4-1)49-52-50(32-15-5-2-6-16-32)54-51(53-49)33-25-27-39-46(29-33)57-44-23-11-19-37(47(39)44)38-20-12-24-45-48(38)40-30-34(26-28-43(40)56-45)55-41-21-9-7-17-35(41)36-18-8-10-22-42(36)55/h1-30,49,51,53H,(H,52,54). The van der Waals surface area contributed by atoms with Gasteiger partial charge in [-0.2, -0.15) is 0 Å². The molecule has 57 heavy (non-hydrogen) atoms. The lowest BCUT2D eigenvalue weighted by Gasteiger charge is -2.32. The Bertz CT molecular complexity index is 3320. The van der Waals surface area contributed by atoms with Gasteiger partial charge in [0.25, 0.3) is 0 Å². The highest BCUT2D eigenvalue weighted by atomic mass is 16.3. The number of hydrogen-bond acceptors (Lipinski definition) is 5. The minimum atomic E-state index is -0.293. The van der Waals surface area contributed by atoms with Crippen molar-refractivity contribution in [3.05, 3.63) is 199 Å². The number of amidine groups is 1. The van der Waals surface area contributed by atoms with E-state index < -0.39 is 0 Å². The molecule has 0 fully saturated rings. The second kappa shape index (κ2) is 12.6. The van der Waals surface area contributed by atoms with Crippen molar-refractivity contribution in [2.24, 2.45) is 4.99 Å². The molecule has 0 amide bonds. The molecule has 11 aromatic rings. The number of nitrogens with one attached hydrogen (secondary N) is 2. The Morgan fingerprint density at radius 3 is 1.81 bits per heavy atom. The van der Waals surface area contributed by atoms with Crippen LogP contribution in [-0.4, -0.2) is 10.4 Å². The van der Waals surface area contributed by atoms with Crippen LogP contribution in [0.5, 0.6) is 0 Å². The molecule has 0 aliphatic carbocycles. The van der Waals surface area contributed by atoms with Gasteiger partial charge in [-0.3, -0.25) is 5.32 Å². The van der Waals surface area contributed by atoms with Crippen molar-refractivity contribution in [1.29, 1.82) is 0 Å². The lowest BCUT2D eigenvalue weighted by atomic mass is 9.95. The summed E-state index contributed by atoms with van der Waals surface area (Å²) in [5, 5.41) is 14.1. The van der Waals surface area contributed by atoms with E-state index in [9.17, 15) is 0 Å². The highest BCUT2D eigenvalue weighted by Gasteiger charge is 2.26. The minimum Gasteiger partial charge on any atom is -0.456 e. The van der Waals surface area contributed by atoms with Gasteiger partial charge in [0.2, 0.25) is 0 Å². The maximum absolute atomic E-state index is 6.68. The summed E-state index contributed by atoms with van der Waals surface area (Å²) in [6.45, 7) is 0. The molecule has 2 N–H and O–H groups in total. The Morgan fingerprint density at radius 2 is 1.09 bits per heavy atom. The third-order valence-corrected chi connectivity index (χ3v) is 11.5. The van der Waals surface area contributed by atoms with Crippen LogP contribution in [0.2, 0.25) is 0 Å². The van der Waals surface area contributed by atoms with Crippen LogP contribution in [0.3, 0.4) is 0 Å². The van der Waals surface area contributed by atoms with E-state index in [1.54, 1.807) is 0 Å². The fraction of sp³-hybridized carbons (Fsp3) is 0.0392. The predicted octanol–water partition coefficient (Wildman–Crippen LogP) is 12.6. The zero-order chi connectivity index (χ0) is 37.5. The van der Waals surface area contributed by atoms with Gasteiger partial charge < -0.3 is 18.7 Å². The minimum absolute atomic E-state index is 0.123. The number of rotatable bonds is 5. The van der Waals surface area contributed by atoms with Gasteiger partial charge in [0.05, 0.1) is 11.0 Å². The Balaban J connectivity index is 1.00. The first-order valence-corrected chi connectivity index (χ1v) is 19.4. The second-order valence-electron chi connectivity index (χ2n) is 14.8. The quantitative estimate of drug-likeness (QED) is 0.185. The normalized spacial score (nSPS) is 15.9. The van der Waals surface area contributed by atoms with Crippen molar-refractivity contribution in [1.82, 2.24) is 15.2 Å². The van der Waals surface area contributed by atoms with E-state index in [1.165, 1.54) is 21.8 Å². The summed E-state index contributed by atoms with van der Waals surface area (Å²) in [4.78, 5) is 5.18. The van der Waals surface area contributed by atoms with Crippen LogP contribution >= 0.6 is 0 Å². The number of hydrogen-bond donors (Lipinski definition) is 2. The third kappa shape index (κ3) is 5.04. The zero-order valence-corrected chi connectivity index (χ0v) is 30.7. The summed E-state index contributed by atoms with van der Waals surface area (Å²) in [6.07, 6.45) is -0.416. The zero-order valence-electron chi connectivity index (χ0n) is 30.7. The SMILES string of the molecule is c1ccc(C2=NC(c3ccc4c(c3)oc3cccc(-c5cccc6oc7ccc(-n8c9ccccc9c9ccccc98)cc7c56)c34)NC(c3ccccc3)N2)cc1. The molecule has 0 bridgehead atoms. The first-order chi connectivity index (χ1) is 28.2. The van der Waals surface area contributed by atoms with Crippen molar-refractivity contribution in [3.63, 3.8) is 0 Å². The van der Waals surface area contributed by atoms with Crippen LogP contribution in [0.15, 0.2) is 196 Å². The van der Waals surface area contributed by atoms with E-state index in [4.69, 9.17) is 13.8 Å². The molecule has 6 nitrogen and oxygen atoms in total. The van der Waals surface area contributed by atoms with Crippen molar-refractivity contribution in [2.75, 3.05) is 0 Å². The summed E-state index contributed by atoms with van der Waals surface area (Å²) in [5.41, 5.74) is 12.2. The number of benzene rings is 8. The fourth-order valence-corrected chi connectivity index (χ4v) is 8.91. The molecule has 12 rings (SSSR count). The molecule has 1 aliphatic rings. The molecular weight excluding hydrogens is 701 g/mol. The lowest BCUT2D eigenvalue weighted by molar-refractivity contribution is 0.409. The topological polar surface area (TPSA) is 67.6 Å². The van der Waals surface area contributed by atoms with Gasteiger partial charge in [0.15, 0.2) is 0 Å². The first-order valence-electron chi connectivity index (χ1n) is 19.4. The maximum atomic E-state index is 6.68. The van der Waals surface area contributed by atoms with Gasteiger partial charge >= 0.3 is 0 Å². The van der Waals surface area contributed by atoms with Crippen LogP contribution < -0.4 is 10.6 Å². The Kier molecular flexibility index (Phi) is 7.03. The van der Waals surface area contributed by atoms with Crippen molar-refractivity contribution in [2.45, 2.75) is 12.3 Å². The van der Waals surface area contributed by atoms with Crippen molar-refractivity contribution < 1.29 is 8.83 Å². The average Bonchev–Trinajstić information content (AvgIpc) is 3.96. The smallest absolute Gasteiger partial charge is 0.136 e. The average molecular weight is 735 g/mol. The van der Waals surface area contributed by atoms with E-state index in [0.717, 1.165) is 83.2 Å². The molecule has 1 aliphatic heterocycles. The number of aliphatic imine (C=N–C) groups is 1. The predicted molar refractivity (Wildman–Crippen MR) is 232 cm³/mol. The number of para-hydroxylation sites is 2. The van der Waals surface area contributed by atoms with E-state index in [2.05, 4.69) is 173 Å². The van der Waals surface area contributed by atoms with E-state index >= 15 is 0 Å². The molecule has 3 aromatic heterocycles. The van der Waals surface area contributed by atoms with Crippen LogP contribution in [0.25, 0.3) is 82.5 Å². The molecule has 2 unspecified atom stereocenters. The molecule has 0 saturated heterocycles. The summed E-state index contributed by atoms with van der Waals surface area (Å²) < 4.78 is 15.6. The molecule has 0 saturated carbocycles. The molecule has 6 heteroatoms. The van der Waals surface area contributed by atoms with Gasteiger partial charge in [-0.05, 0) is 70.8 Å². The third-order valence-electron chi connectivity index (χ3n) is 11.5. The van der Waals surface area contributed by atoms with Gasteiger partial charge in [0.1, 0.15) is 40.5 Å². The molecule has 4 heterocycles. The Labute approximate surface area is 327 Å². The highest BCUT2D eigenvalue weighted by molar-refractivity contribution is 6.20. The second-order valence-corrected chi connectivity index (χ2v) is 14.8. The highest BCUT2D eigenvalue weighted by Crippen LogP contribution is 2.44. The first kappa shape index (κ1) is 31.9. The molecule has 0 spiro atoms. The van der Waals surface area contributed by atoms with Crippen molar-refractivity contribution >= 4 is 71.5 Å². The molecule has 8 aromatic carbocycles. The summed E-state index contributed by atoms with van der Waals surface area (Å²) in [5.74, 6) is 0.849. The largest absolute Gasteiger partial charge is 0.456 e. The molecule has 270 valence electrons. The summed E-state index contributed by atoms with van der Waals surface area (Å²) in [7, 11) is 0. The molecule has 2 atom stereocenters. The monoisotopic (exact) mass is 734 g/mol. The van der Waals surface area contributed by atoms with Gasteiger partial charge in [-0.25, -0.2) is 4.99 Å². The van der Waals surface area contributed by atoms with E-state index in [-0.39, 0.29) is 12.3 Å². The van der Waals surface area contributed by atoms with E-state index in [0.29, 0.717) is 0 Å². The number of aromatic nitrogens is 1. The number of fused-ring (bicyclic) bond motifs is 9. The molecule has 0 radical (unpaired) electrons. The Hall–Kier alpha value is -7.41.